The van der Waals surface area contributed by atoms with Gasteiger partial charge >= 0.3 is 0 Å². The third kappa shape index (κ3) is 2.66. The van der Waals surface area contributed by atoms with Gasteiger partial charge in [-0.25, -0.2) is 0 Å². The summed E-state index contributed by atoms with van der Waals surface area (Å²) in [5.74, 6) is 0.239. The minimum Gasteiger partial charge on any atom is -0.336 e. The van der Waals surface area contributed by atoms with Crippen LogP contribution in [-0.2, 0) is 9.59 Å². The maximum atomic E-state index is 12.7. The van der Waals surface area contributed by atoms with Gasteiger partial charge in [-0.2, -0.15) is 0 Å². The lowest BCUT2D eigenvalue weighted by Gasteiger charge is -2.39. The van der Waals surface area contributed by atoms with Crippen molar-refractivity contribution in [3.8, 4) is 0 Å². The van der Waals surface area contributed by atoms with Gasteiger partial charge in [0.1, 0.15) is 0 Å². The zero-order chi connectivity index (χ0) is 13.5. The lowest BCUT2D eigenvalue weighted by Crippen LogP contribution is -2.57. The molecule has 0 spiro atoms. The van der Waals surface area contributed by atoms with E-state index in [-0.39, 0.29) is 36.2 Å². The molecule has 2 saturated carbocycles. The Labute approximate surface area is 126 Å². The molecular formula is C14H24ClN3O2. The second-order valence-electron chi connectivity index (χ2n) is 6.24. The highest BCUT2D eigenvalue weighted by Crippen LogP contribution is 2.39. The van der Waals surface area contributed by atoms with Crippen LogP contribution in [0, 0.1) is 5.41 Å². The number of amides is 2. The number of rotatable bonds is 3. The maximum absolute atomic E-state index is 12.7. The van der Waals surface area contributed by atoms with Crippen molar-refractivity contribution in [2.75, 3.05) is 26.2 Å². The fourth-order valence-corrected chi connectivity index (χ4v) is 3.52. The Morgan fingerprint density at radius 3 is 2.40 bits per heavy atom. The smallest absolute Gasteiger partial charge is 0.242 e. The molecule has 6 heteroatoms. The Hall–Kier alpha value is -0.810. The van der Waals surface area contributed by atoms with Crippen molar-refractivity contribution in [1.82, 2.24) is 9.80 Å². The standard InChI is InChI=1S/C14H23N3O2.ClH/c15-10-14(5-1-2-6-14)13(19)16-7-8-17(11-3-4-11)12(18)9-16;/h11H,1-10,15H2;1H. The van der Waals surface area contributed by atoms with E-state index in [4.69, 9.17) is 5.73 Å². The number of hydrogen-bond donors (Lipinski definition) is 1. The van der Waals surface area contributed by atoms with E-state index in [1.165, 1.54) is 0 Å². The first-order chi connectivity index (χ1) is 9.16. The highest BCUT2D eigenvalue weighted by atomic mass is 35.5. The van der Waals surface area contributed by atoms with Crippen LogP contribution in [-0.4, -0.2) is 53.8 Å². The number of piperazine rings is 1. The zero-order valence-corrected chi connectivity index (χ0v) is 12.7. The van der Waals surface area contributed by atoms with Crippen molar-refractivity contribution in [2.24, 2.45) is 11.1 Å². The van der Waals surface area contributed by atoms with E-state index >= 15 is 0 Å². The molecule has 0 aromatic carbocycles. The van der Waals surface area contributed by atoms with E-state index in [0.29, 0.717) is 25.7 Å². The highest BCUT2D eigenvalue weighted by Gasteiger charge is 2.45. The summed E-state index contributed by atoms with van der Waals surface area (Å²) < 4.78 is 0. The van der Waals surface area contributed by atoms with Gasteiger partial charge in [-0.3, -0.25) is 9.59 Å². The van der Waals surface area contributed by atoms with Gasteiger partial charge in [0.2, 0.25) is 11.8 Å². The van der Waals surface area contributed by atoms with E-state index in [1.807, 2.05) is 4.90 Å². The Bertz CT molecular complexity index is 392. The van der Waals surface area contributed by atoms with Crippen molar-refractivity contribution >= 4 is 24.2 Å². The molecular weight excluding hydrogens is 278 g/mol. The van der Waals surface area contributed by atoms with Crippen LogP contribution in [0.25, 0.3) is 0 Å². The van der Waals surface area contributed by atoms with Gasteiger partial charge in [-0.1, -0.05) is 12.8 Å². The fourth-order valence-electron chi connectivity index (χ4n) is 3.52. The average Bonchev–Trinajstić information content (AvgIpc) is 3.15. The van der Waals surface area contributed by atoms with E-state index in [0.717, 1.165) is 38.5 Å². The summed E-state index contributed by atoms with van der Waals surface area (Å²) in [4.78, 5) is 28.5. The van der Waals surface area contributed by atoms with Crippen LogP contribution in [0.15, 0.2) is 0 Å². The molecule has 0 atom stereocenters. The number of nitrogens with zero attached hydrogens (tertiary/aromatic N) is 2. The minimum absolute atomic E-state index is 0. The van der Waals surface area contributed by atoms with Crippen LogP contribution in [0.2, 0.25) is 0 Å². The minimum atomic E-state index is -0.373. The molecule has 0 aromatic heterocycles. The Balaban J connectivity index is 0.00000147. The number of halogens is 1. The van der Waals surface area contributed by atoms with Crippen molar-refractivity contribution in [3.05, 3.63) is 0 Å². The molecule has 2 N–H and O–H groups in total. The summed E-state index contributed by atoms with van der Waals surface area (Å²) in [6.45, 7) is 2.07. The molecule has 1 saturated heterocycles. The maximum Gasteiger partial charge on any atom is 0.242 e. The highest BCUT2D eigenvalue weighted by molar-refractivity contribution is 5.89. The average molecular weight is 302 g/mol. The summed E-state index contributed by atoms with van der Waals surface area (Å²) >= 11 is 0. The van der Waals surface area contributed by atoms with Gasteiger partial charge in [0.05, 0.1) is 12.0 Å². The summed E-state index contributed by atoms with van der Waals surface area (Å²) in [7, 11) is 0. The van der Waals surface area contributed by atoms with Gasteiger partial charge < -0.3 is 15.5 Å². The molecule has 3 fully saturated rings. The van der Waals surface area contributed by atoms with Crippen molar-refractivity contribution < 1.29 is 9.59 Å². The predicted octanol–water partition coefficient (Wildman–Crippen LogP) is 0.760. The molecule has 0 radical (unpaired) electrons. The number of carbonyl (C=O) groups is 2. The number of nitrogens with two attached hydrogens (primary N) is 1. The number of hydrogen-bond acceptors (Lipinski definition) is 3. The summed E-state index contributed by atoms with van der Waals surface area (Å²) in [6, 6.07) is 0.458. The molecule has 3 rings (SSSR count). The predicted molar refractivity (Wildman–Crippen MR) is 78.5 cm³/mol. The molecule has 20 heavy (non-hydrogen) atoms. The van der Waals surface area contributed by atoms with Gasteiger partial charge in [-0.05, 0) is 25.7 Å². The van der Waals surface area contributed by atoms with E-state index in [2.05, 4.69) is 0 Å². The molecule has 0 aromatic rings. The molecule has 2 aliphatic carbocycles. The van der Waals surface area contributed by atoms with Gasteiger partial charge in [0, 0.05) is 25.7 Å². The second kappa shape index (κ2) is 5.90. The Morgan fingerprint density at radius 2 is 1.90 bits per heavy atom. The van der Waals surface area contributed by atoms with Crippen LogP contribution in [0.1, 0.15) is 38.5 Å². The Kier molecular flexibility index (Phi) is 4.59. The molecule has 2 amide bonds. The molecule has 3 aliphatic rings. The molecule has 5 nitrogen and oxygen atoms in total. The van der Waals surface area contributed by atoms with Crippen LogP contribution >= 0.6 is 12.4 Å². The lowest BCUT2D eigenvalue weighted by atomic mass is 9.84. The summed E-state index contributed by atoms with van der Waals surface area (Å²) in [6.07, 6.45) is 6.20. The van der Waals surface area contributed by atoms with Crippen LogP contribution in [0.5, 0.6) is 0 Å². The quantitative estimate of drug-likeness (QED) is 0.837. The molecule has 1 heterocycles. The summed E-state index contributed by atoms with van der Waals surface area (Å²) in [5, 5.41) is 0. The molecule has 0 bridgehead atoms. The van der Waals surface area contributed by atoms with Crippen molar-refractivity contribution in [1.29, 1.82) is 0 Å². The first-order valence-corrected chi connectivity index (χ1v) is 7.45. The normalized spacial score (nSPS) is 25.6. The van der Waals surface area contributed by atoms with Crippen molar-refractivity contribution in [3.63, 3.8) is 0 Å². The zero-order valence-electron chi connectivity index (χ0n) is 11.8. The van der Waals surface area contributed by atoms with Crippen LogP contribution in [0.4, 0.5) is 0 Å². The van der Waals surface area contributed by atoms with E-state index in [9.17, 15) is 9.59 Å². The van der Waals surface area contributed by atoms with Crippen LogP contribution in [0.3, 0.4) is 0 Å². The van der Waals surface area contributed by atoms with Crippen molar-refractivity contribution in [2.45, 2.75) is 44.6 Å². The largest absolute Gasteiger partial charge is 0.336 e. The third-order valence-electron chi connectivity index (χ3n) is 4.94. The lowest BCUT2D eigenvalue weighted by molar-refractivity contribution is -0.151. The van der Waals surface area contributed by atoms with E-state index < -0.39 is 0 Å². The topological polar surface area (TPSA) is 66.6 Å². The Morgan fingerprint density at radius 1 is 1.25 bits per heavy atom. The second-order valence-corrected chi connectivity index (χ2v) is 6.24. The number of carbonyl (C=O) groups excluding carboxylic acids is 2. The van der Waals surface area contributed by atoms with Gasteiger partial charge in [-0.15, -0.1) is 12.4 Å². The fraction of sp³-hybridized carbons (Fsp3) is 0.857. The monoisotopic (exact) mass is 301 g/mol. The third-order valence-corrected chi connectivity index (χ3v) is 4.94. The van der Waals surface area contributed by atoms with Crippen LogP contribution < -0.4 is 5.73 Å². The SMILES string of the molecule is Cl.NCC1(C(=O)N2CCN(C3CC3)C(=O)C2)CCCC1. The van der Waals surface area contributed by atoms with Gasteiger partial charge in [0.15, 0.2) is 0 Å². The molecule has 114 valence electrons. The molecule has 1 aliphatic heterocycles. The van der Waals surface area contributed by atoms with E-state index in [1.54, 1.807) is 4.90 Å². The summed E-state index contributed by atoms with van der Waals surface area (Å²) in [5.41, 5.74) is 5.48. The molecule has 0 unspecified atom stereocenters. The first kappa shape index (κ1) is 15.6. The first-order valence-electron chi connectivity index (χ1n) is 7.45. The van der Waals surface area contributed by atoms with Gasteiger partial charge in [0.25, 0.3) is 0 Å².